The first kappa shape index (κ1) is 12.9. The van der Waals surface area contributed by atoms with Gasteiger partial charge in [-0.2, -0.15) is 0 Å². The van der Waals surface area contributed by atoms with Crippen molar-refractivity contribution in [2.24, 2.45) is 0 Å². The van der Waals surface area contributed by atoms with Crippen molar-refractivity contribution in [3.8, 4) is 0 Å². The van der Waals surface area contributed by atoms with E-state index in [4.69, 9.17) is 4.74 Å². The van der Waals surface area contributed by atoms with Gasteiger partial charge >= 0.3 is 0 Å². The number of nitrogens with one attached hydrogen (secondary N) is 2. The fourth-order valence-electron chi connectivity index (χ4n) is 1.11. The molecule has 0 aromatic heterocycles. The largest absolute Gasteiger partial charge is 0.382 e. The second kappa shape index (κ2) is 9.96. The number of likely N-dealkylation sites (N-methyl/N-ethyl adjacent to an activating group) is 1. The summed E-state index contributed by atoms with van der Waals surface area (Å²) < 4.78 is 5.16. The molecule has 0 aromatic carbocycles. The normalized spacial score (nSPS) is 13.2. The van der Waals surface area contributed by atoms with Crippen LogP contribution >= 0.6 is 0 Å². The molecule has 3 nitrogen and oxygen atoms in total. The molecule has 1 atom stereocenters. The van der Waals surface area contributed by atoms with Crippen LogP contribution in [0.2, 0.25) is 0 Å². The summed E-state index contributed by atoms with van der Waals surface area (Å²) in [6, 6.07) is 0. The highest BCUT2D eigenvalue weighted by Crippen LogP contribution is 1.97. The van der Waals surface area contributed by atoms with Crippen molar-refractivity contribution in [3.63, 3.8) is 0 Å². The third-order valence-corrected chi connectivity index (χ3v) is 2.10. The van der Waals surface area contributed by atoms with Crippen molar-refractivity contribution in [1.82, 2.24) is 10.6 Å². The molecule has 2 N–H and O–H groups in total. The molecule has 0 spiro atoms. The van der Waals surface area contributed by atoms with Gasteiger partial charge in [0, 0.05) is 20.2 Å². The van der Waals surface area contributed by atoms with E-state index >= 15 is 0 Å². The molecule has 0 saturated heterocycles. The first-order chi connectivity index (χ1) is 6.31. The zero-order chi connectivity index (χ0) is 9.94. The zero-order valence-corrected chi connectivity index (χ0v) is 9.23. The van der Waals surface area contributed by atoms with E-state index in [2.05, 4.69) is 24.5 Å². The summed E-state index contributed by atoms with van der Waals surface area (Å²) in [4.78, 5) is 0. The lowest BCUT2D eigenvalue weighted by molar-refractivity contribution is 0.109. The van der Waals surface area contributed by atoms with Crippen molar-refractivity contribution in [2.45, 2.75) is 32.8 Å². The summed E-state index contributed by atoms with van der Waals surface area (Å²) in [5.74, 6) is 0. The van der Waals surface area contributed by atoms with Gasteiger partial charge < -0.3 is 15.4 Å². The highest BCUT2D eigenvalue weighted by atomic mass is 16.5. The lowest BCUT2D eigenvalue weighted by Crippen LogP contribution is -2.28. The molecule has 0 radical (unpaired) electrons. The molecule has 0 saturated carbocycles. The van der Waals surface area contributed by atoms with Gasteiger partial charge in [-0.15, -0.1) is 0 Å². The lowest BCUT2D eigenvalue weighted by atomic mass is 10.2. The third-order valence-electron chi connectivity index (χ3n) is 2.10. The smallest absolute Gasteiger partial charge is 0.0543 e. The van der Waals surface area contributed by atoms with Gasteiger partial charge in [-0.05, 0) is 32.9 Å². The fraction of sp³-hybridized carbons (Fsp3) is 1.00. The minimum atomic E-state index is 0.399. The highest BCUT2D eigenvalue weighted by molar-refractivity contribution is 4.54. The summed E-state index contributed by atoms with van der Waals surface area (Å²) in [6.07, 6.45) is 2.74. The van der Waals surface area contributed by atoms with E-state index < -0.39 is 0 Å². The Balaban J connectivity index is 2.91. The summed E-state index contributed by atoms with van der Waals surface area (Å²) in [5.41, 5.74) is 0. The first-order valence-electron chi connectivity index (χ1n) is 5.25. The van der Waals surface area contributed by atoms with Gasteiger partial charge in [-0.3, -0.25) is 0 Å². The summed E-state index contributed by atoms with van der Waals surface area (Å²) in [7, 11) is 1.77. The number of hydrogen-bond donors (Lipinski definition) is 2. The Morgan fingerprint density at radius 1 is 1.15 bits per heavy atom. The minimum Gasteiger partial charge on any atom is -0.382 e. The summed E-state index contributed by atoms with van der Waals surface area (Å²) >= 11 is 0. The number of methoxy groups -OCH3 is 1. The summed E-state index contributed by atoms with van der Waals surface area (Å²) in [6.45, 7) is 8.52. The van der Waals surface area contributed by atoms with Crippen molar-refractivity contribution in [2.75, 3.05) is 33.3 Å². The Bertz CT molecular complexity index is 98.9. The molecule has 0 heterocycles. The van der Waals surface area contributed by atoms with E-state index in [-0.39, 0.29) is 0 Å². The highest BCUT2D eigenvalue weighted by Gasteiger charge is 1.97. The molecule has 0 aliphatic rings. The van der Waals surface area contributed by atoms with Gasteiger partial charge in [0.05, 0.1) is 6.10 Å². The van der Waals surface area contributed by atoms with Crippen LogP contribution in [0.4, 0.5) is 0 Å². The van der Waals surface area contributed by atoms with E-state index in [9.17, 15) is 0 Å². The average molecular weight is 188 g/mol. The molecule has 0 amide bonds. The van der Waals surface area contributed by atoms with Crippen LogP contribution < -0.4 is 10.6 Å². The van der Waals surface area contributed by atoms with Crippen LogP contribution in [-0.2, 0) is 4.74 Å². The maximum absolute atomic E-state index is 5.16. The second-order valence-corrected chi connectivity index (χ2v) is 3.29. The van der Waals surface area contributed by atoms with Crippen molar-refractivity contribution >= 4 is 0 Å². The zero-order valence-electron chi connectivity index (χ0n) is 9.23. The van der Waals surface area contributed by atoms with Crippen molar-refractivity contribution in [3.05, 3.63) is 0 Å². The molecular weight excluding hydrogens is 164 g/mol. The number of rotatable bonds is 9. The van der Waals surface area contributed by atoms with Gasteiger partial charge in [-0.1, -0.05) is 6.92 Å². The van der Waals surface area contributed by atoms with Crippen LogP contribution in [0.25, 0.3) is 0 Å². The van der Waals surface area contributed by atoms with Crippen LogP contribution in [0, 0.1) is 0 Å². The molecule has 0 aliphatic carbocycles. The quantitative estimate of drug-likeness (QED) is 0.530. The molecule has 0 rings (SSSR count). The second-order valence-electron chi connectivity index (χ2n) is 3.29. The Morgan fingerprint density at radius 3 is 2.46 bits per heavy atom. The van der Waals surface area contributed by atoms with E-state index in [1.807, 2.05) is 0 Å². The van der Waals surface area contributed by atoms with E-state index in [0.29, 0.717) is 6.10 Å². The fourth-order valence-corrected chi connectivity index (χ4v) is 1.11. The van der Waals surface area contributed by atoms with Crippen LogP contribution in [0.5, 0.6) is 0 Å². The lowest BCUT2D eigenvalue weighted by Gasteiger charge is -2.09. The van der Waals surface area contributed by atoms with E-state index in [1.54, 1.807) is 7.11 Å². The SMILES string of the molecule is CCNCCNCCCC(C)OC. The predicted molar refractivity (Wildman–Crippen MR) is 57.1 cm³/mol. The molecule has 80 valence electrons. The molecule has 0 aliphatic heterocycles. The topological polar surface area (TPSA) is 33.3 Å². The number of ether oxygens (including phenoxy) is 1. The molecule has 1 unspecified atom stereocenters. The van der Waals surface area contributed by atoms with Crippen LogP contribution in [0.15, 0.2) is 0 Å². The molecule has 0 bridgehead atoms. The first-order valence-corrected chi connectivity index (χ1v) is 5.25. The van der Waals surface area contributed by atoms with Crippen LogP contribution in [0.1, 0.15) is 26.7 Å². The molecular formula is C10H24N2O. The predicted octanol–water partition coefficient (Wildman–Crippen LogP) is 1.00. The molecule has 0 aromatic rings. The Morgan fingerprint density at radius 2 is 1.85 bits per heavy atom. The summed E-state index contributed by atoms with van der Waals surface area (Å²) in [5, 5.41) is 6.65. The number of hydrogen-bond acceptors (Lipinski definition) is 3. The molecule has 3 heteroatoms. The molecule has 0 fully saturated rings. The minimum absolute atomic E-state index is 0.399. The Kier molecular flexibility index (Phi) is 9.87. The monoisotopic (exact) mass is 188 g/mol. The van der Waals surface area contributed by atoms with Gasteiger partial charge in [0.1, 0.15) is 0 Å². The van der Waals surface area contributed by atoms with Crippen molar-refractivity contribution < 1.29 is 4.74 Å². The Hall–Kier alpha value is -0.120. The average Bonchev–Trinajstić information content (AvgIpc) is 2.16. The van der Waals surface area contributed by atoms with Gasteiger partial charge in [-0.25, -0.2) is 0 Å². The van der Waals surface area contributed by atoms with E-state index in [0.717, 1.165) is 32.6 Å². The van der Waals surface area contributed by atoms with Gasteiger partial charge in [0.25, 0.3) is 0 Å². The van der Waals surface area contributed by atoms with Gasteiger partial charge in [0.15, 0.2) is 0 Å². The maximum atomic E-state index is 5.16. The van der Waals surface area contributed by atoms with E-state index in [1.165, 1.54) is 6.42 Å². The van der Waals surface area contributed by atoms with Crippen LogP contribution in [-0.4, -0.2) is 39.4 Å². The maximum Gasteiger partial charge on any atom is 0.0543 e. The molecule has 13 heavy (non-hydrogen) atoms. The standard InChI is InChI=1S/C10H24N2O/c1-4-11-8-9-12-7-5-6-10(2)13-3/h10-12H,4-9H2,1-3H3. The Labute approximate surface area is 82.2 Å². The third kappa shape index (κ3) is 9.80. The van der Waals surface area contributed by atoms with Crippen molar-refractivity contribution in [1.29, 1.82) is 0 Å². The van der Waals surface area contributed by atoms with Gasteiger partial charge in [0.2, 0.25) is 0 Å². The van der Waals surface area contributed by atoms with Crippen LogP contribution in [0.3, 0.4) is 0 Å².